The Morgan fingerprint density at radius 2 is 1.20 bits per heavy atom. The van der Waals surface area contributed by atoms with Gasteiger partial charge in [0.25, 0.3) is 0 Å². The second-order valence-electron chi connectivity index (χ2n) is 0. The van der Waals surface area contributed by atoms with Crippen LogP contribution in [0.15, 0.2) is 0 Å². The Morgan fingerprint density at radius 1 is 1.20 bits per heavy atom. The molecule has 0 aromatic rings. The SMILES string of the molecule is [Cu].[Ni].[SiH3]P.[SnH2]. The minimum absolute atomic E-state index is 0. The van der Waals surface area contributed by atoms with E-state index in [9.17, 15) is 0 Å². The number of hydrogen-bond acceptors (Lipinski definition) is 0. The van der Waals surface area contributed by atoms with Crippen molar-refractivity contribution in [3.05, 3.63) is 0 Å². The summed E-state index contributed by atoms with van der Waals surface area (Å²) in [5.74, 6) is 0. The third kappa shape index (κ3) is 21.2. The van der Waals surface area contributed by atoms with E-state index in [1.54, 1.807) is 0 Å². The van der Waals surface area contributed by atoms with Gasteiger partial charge >= 0.3 is 23.9 Å². The van der Waals surface area contributed by atoms with E-state index in [0.29, 0.717) is 0 Å². The van der Waals surface area contributed by atoms with E-state index in [2.05, 4.69) is 8.79 Å². The molecule has 0 fully saturated rings. The van der Waals surface area contributed by atoms with Gasteiger partial charge in [-0.3, -0.25) is 0 Å². The van der Waals surface area contributed by atoms with Crippen LogP contribution >= 0.6 is 8.79 Å². The standard InChI is InChI=1S/Cu.Ni.H5PSi.Sn.2H/c;;1-2;;;/h;;1H2,2H3;;;. The molecule has 0 amide bonds. The Labute approximate surface area is 75.4 Å². The average Bonchev–Trinajstić information content (AvgIpc) is 1.00. The van der Waals surface area contributed by atoms with Gasteiger partial charge in [0.1, 0.15) is 0 Å². The Hall–Kier alpha value is 2.46. The average molecular weight is 307 g/mol. The third-order valence-corrected chi connectivity index (χ3v) is 0. The summed E-state index contributed by atoms with van der Waals surface area (Å²) >= 11 is 0. The third-order valence-electron chi connectivity index (χ3n) is 0. The number of rotatable bonds is 0. The van der Waals surface area contributed by atoms with Crippen molar-refractivity contribution in [1.82, 2.24) is 0 Å². The van der Waals surface area contributed by atoms with Crippen LogP contribution in [-0.2, 0) is 33.6 Å². The molecule has 1 atom stereocenters. The normalized spacial score (nSPS) is 1.80. The van der Waals surface area contributed by atoms with Crippen LogP contribution in [0.25, 0.3) is 0 Å². The molecule has 0 aromatic heterocycles. The predicted molar refractivity (Wildman–Crippen MR) is 28.2 cm³/mol. The molecule has 3 radical (unpaired) electrons. The Bertz CT molecular complexity index is 11.6. The topological polar surface area (TPSA) is 0 Å². The molecule has 0 aliphatic rings. The molecule has 41 valence electrons. The van der Waals surface area contributed by atoms with E-state index >= 15 is 0 Å². The summed E-state index contributed by atoms with van der Waals surface area (Å²) in [4.78, 5) is 0. The van der Waals surface area contributed by atoms with Gasteiger partial charge in [0.2, 0.25) is 0 Å². The maximum absolute atomic E-state index is 2.56. The quantitative estimate of drug-likeness (QED) is 0.367. The van der Waals surface area contributed by atoms with E-state index in [4.69, 9.17) is 0 Å². The van der Waals surface area contributed by atoms with E-state index in [-0.39, 0.29) is 57.5 Å². The van der Waals surface area contributed by atoms with Gasteiger partial charge in [-0.2, -0.15) is 8.79 Å². The molecular weight excluding hydrogens is 300 g/mol. The van der Waals surface area contributed by atoms with Crippen LogP contribution in [0.3, 0.4) is 0 Å². The van der Waals surface area contributed by atoms with E-state index < -0.39 is 0 Å². The Balaban J connectivity index is -0.00000000167. The van der Waals surface area contributed by atoms with Crippen LogP contribution in [0.4, 0.5) is 0 Å². The molecule has 0 nitrogen and oxygen atoms in total. The van der Waals surface area contributed by atoms with Crippen LogP contribution in [0, 0.1) is 0 Å². The summed E-state index contributed by atoms with van der Waals surface area (Å²) in [6.07, 6.45) is 0. The first-order chi connectivity index (χ1) is 1.00. The van der Waals surface area contributed by atoms with Gasteiger partial charge in [0, 0.05) is 43.5 Å². The van der Waals surface area contributed by atoms with Gasteiger partial charge in [-0.25, -0.2) is 0 Å². The van der Waals surface area contributed by atoms with Crippen LogP contribution in [0.5, 0.6) is 0 Å². The van der Waals surface area contributed by atoms with Crippen molar-refractivity contribution in [3.63, 3.8) is 0 Å². The molecule has 0 heterocycles. The van der Waals surface area contributed by atoms with Crippen molar-refractivity contribution in [2.75, 3.05) is 0 Å². The van der Waals surface area contributed by atoms with Gasteiger partial charge < -0.3 is 0 Å². The van der Waals surface area contributed by atoms with Crippen molar-refractivity contribution in [2.45, 2.75) is 0 Å². The van der Waals surface area contributed by atoms with E-state index in [1.165, 1.54) is 9.91 Å². The summed E-state index contributed by atoms with van der Waals surface area (Å²) in [6.45, 7) is 0. The molecule has 0 N–H and O–H groups in total. The molecule has 5 heteroatoms. The van der Waals surface area contributed by atoms with Gasteiger partial charge in [-0.1, -0.05) is 0 Å². The zero-order valence-electron chi connectivity index (χ0n) is 2.90. The van der Waals surface area contributed by atoms with Crippen molar-refractivity contribution < 1.29 is 33.6 Å². The molecule has 0 spiro atoms. The van der Waals surface area contributed by atoms with Crippen molar-refractivity contribution in [2.24, 2.45) is 0 Å². The summed E-state index contributed by atoms with van der Waals surface area (Å²) in [6, 6.07) is 0. The van der Waals surface area contributed by atoms with Crippen molar-refractivity contribution in [3.8, 4) is 0 Å². The zero-order chi connectivity index (χ0) is 2.00. The molecule has 0 aromatic carbocycles. The molecule has 0 rings (SSSR count). The fourth-order valence-electron chi connectivity index (χ4n) is 0. The number of hydrogen-bond donors (Lipinski definition) is 0. The molecular formula is H7CuNiPSiSn. The second kappa shape index (κ2) is 31.8. The first-order valence-electron chi connectivity index (χ1n) is 0.577. The first-order valence-corrected chi connectivity index (χ1v) is 5.20. The molecule has 0 saturated heterocycles. The van der Waals surface area contributed by atoms with Crippen LogP contribution < -0.4 is 0 Å². The molecule has 1 unspecified atom stereocenters. The fourth-order valence-corrected chi connectivity index (χ4v) is 0. The summed E-state index contributed by atoms with van der Waals surface area (Å²) in [7, 11) is 3.78. The van der Waals surface area contributed by atoms with Crippen molar-refractivity contribution in [1.29, 1.82) is 0 Å². The molecule has 0 saturated carbocycles. The monoisotopic (exact) mass is 307 g/mol. The maximum atomic E-state index is 2.56. The second-order valence-corrected chi connectivity index (χ2v) is 0. The van der Waals surface area contributed by atoms with Gasteiger partial charge in [0.05, 0.1) is 0 Å². The zero-order valence-corrected chi connectivity index (χ0v) is 12.0. The Kier molecular flexibility index (Phi) is 166. The molecule has 0 aliphatic heterocycles. The van der Waals surface area contributed by atoms with Crippen LogP contribution in [-0.4, -0.2) is 33.8 Å². The first kappa shape index (κ1) is 26.0. The van der Waals surface area contributed by atoms with Gasteiger partial charge in [-0.15, -0.1) is 0 Å². The predicted octanol–water partition coefficient (Wildman–Crippen LogP) is -1.78. The molecule has 0 bridgehead atoms. The fraction of sp³-hybridized carbons (Fsp3) is 0. The Morgan fingerprint density at radius 3 is 1.20 bits per heavy atom. The molecule has 5 heavy (non-hydrogen) atoms. The summed E-state index contributed by atoms with van der Waals surface area (Å²) in [5, 5.41) is 0. The van der Waals surface area contributed by atoms with Crippen LogP contribution in [0.1, 0.15) is 0 Å². The van der Waals surface area contributed by atoms with E-state index in [1.807, 2.05) is 0 Å². The summed E-state index contributed by atoms with van der Waals surface area (Å²) in [5.41, 5.74) is 0. The van der Waals surface area contributed by atoms with Crippen LogP contribution in [0.2, 0.25) is 0 Å². The minimum atomic E-state index is 0. The summed E-state index contributed by atoms with van der Waals surface area (Å²) < 4.78 is 0. The van der Waals surface area contributed by atoms with E-state index in [0.717, 1.165) is 0 Å². The van der Waals surface area contributed by atoms with Gasteiger partial charge in [-0.05, 0) is 0 Å². The van der Waals surface area contributed by atoms with Gasteiger partial charge in [0.15, 0.2) is 0 Å². The van der Waals surface area contributed by atoms with Crippen molar-refractivity contribution >= 4 is 42.6 Å². The molecule has 0 aliphatic carbocycles.